The average Bonchev–Trinajstić information content (AvgIpc) is 3.54. The smallest absolute Gasteiger partial charge is 0.157 e. The molecule has 6 nitrogen and oxygen atoms in total. The molecule has 1 aliphatic carbocycles. The number of nitrogens with one attached hydrogen (secondary N) is 1. The summed E-state index contributed by atoms with van der Waals surface area (Å²) in [7, 11) is 0. The number of carbonyl (C=O) groups excluding carboxylic acids is 1. The van der Waals surface area contributed by atoms with Crippen molar-refractivity contribution >= 4 is 34.7 Å². The predicted molar refractivity (Wildman–Crippen MR) is 145 cm³/mol. The van der Waals surface area contributed by atoms with E-state index in [9.17, 15) is 9.18 Å². The van der Waals surface area contributed by atoms with Crippen molar-refractivity contribution in [3.05, 3.63) is 87.8 Å². The van der Waals surface area contributed by atoms with Crippen molar-refractivity contribution in [1.29, 1.82) is 5.41 Å². The first kappa shape index (κ1) is 27.1. The van der Waals surface area contributed by atoms with Crippen LogP contribution >= 0.6 is 23.2 Å². The van der Waals surface area contributed by atoms with Gasteiger partial charge in [0.25, 0.3) is 0 Å². The Morgan fingerprint density at radius 1 is 1.30 bits per heavy atom. The molecule has 2 heterocycles. The Kier molecular flexibility index (Phi) is 8.55. The van der Waals surface area contributed by atoms with E-state index in [-0.39, 0.29) is 28.5 Å². The summed E-state index contributed by atoms with van der Waals surface area (Å²) in [5, 5.41) is 13.1. The third-order valence-corrected chi connectivity index (χ3v) is 7.66. The monoisotopic (exact) mass is 544 g/mol. The zero-order chi connectivity index (χ0) is 26.7. The first-order chi connectivity index (χ1) is 17.7. The second-order valence-corrected chi connectivity index (χ2v) is 10.3. The van der Waals surface area contributed by atoms with Crippen LogP contribution in [0.5, 0.6) is 0 Å². The van der Waals surface area contributed by atoms with E-state index in [1.165, 1.54) is 12.1 Å². The third kappa shape index (κ3) is 6.16. The number of halogens is 3. The molecule has 4 rings (SSSR count). The lowest BCUT2D eigenvalue weighted by molar-refractivity contribution is -0.114. The Labute approximate surface area is 226 Å². The molecule has 2 atom stereocenters. The highest BCUT2D eigenvalue weighted by Crippen LogP contribution is 2.36. The maximum Gasteiger partial charge on any atom is 0.157 e. The number of carbonyl (C=O) groups is 1. The normalized spacial score (nSPS) is 18.5. The Morgan fingerprint density at radius 3 is 2.65 bits per heavy atom. The third-order valence-electron chi connectivity index (χ3n) is 6.95. The van der Waals surface area contributed by atoms with Crippen molar-refractivity contribution in [1.82, 2.24) is 14.7 Å². The molecule has 1 saturated heterocycles. The van der Waals surface area contributed by atoms with Gasteiger partial charge in [0, 0.05) is 59.5 Å². The van der Waals surface area contributed by atoms with Gasteiger partial charge in [0.1, 0.15) is 17.7 Å². The minimum atomic E-state index is -0.675. The number of ether oxygens (including phenoxy) is 1. The largest absolute Gasteiger partial charge is 0.484 e. The van der Waals surface area contributed by atoms with Gasteiger partial charge < -0.3 is 15.0 Å². The highest BCUT2D eigenvalue weighted by molar-refractivity contribution is 6.36. The fourth-order valence-corrected chi connectivity index (χ4v) is 5.53. The van der Waals surface area contributed by atoms with E-state index < -0.39 is 11.9 Å². The summed E-state index contributed by atoms with van der Waals surface area (Å²) in [6.45, 7) is 9.11. The van der Waals surface area contributed by atoms with Gasteiger partial charge in [-0.3, -0.25) is 9.48 Å². The summed E-state index contributed by atoms with van der Waals surface area (Å²) in [6, 6.07) is 2.92. The second-order valence-electron chi connectivity index (χ2n) is 9.51. The molecule has 1 aliphatic heterocycles. The molecule has 2 aromatic rings. The summed E-state index contributed by atoms with van der Waals surface area (Å²) < 4.78 is 22.1. The fraction of sp³-hybridized carbons (Fsp3) is 0.393. The van der Waals surface area contributed by atoms with Crippen LogP contribution in [0.15, 0.2) is 60.8 Å². The zero-order valence-electron chi connectivity index (χ0n) is 21.0. The summed E-state index contributed by atoms with van der Waals surface area (Å²) in [4.78, 5) is 13.9. The zero-order valence-corrected chi connectivity index (χ0v) is 22.5. The van der Waals surface area contributed by atoms with Gasteiger partial charge in [-0.25, -0.2) is 4.39 Å². The van der Waals surface area contributed by atoms with Crippen molar-refractivity contribution in [3.63, 3.8) is 0 Å². The molecule has 0 saturated carbocycles. The van der Waals surface area contributed by atoms with Gasteiger partial charge in [-0.2, -0.15) is 5.10 Å². The summed E-state index contributed by atoms with van der Waals surface area (Å²) in [6.07, 6.45) is 11.9. The minimum Gasteiger partial charge on any atom is -0.484 e. The van der Waals surface area contributed by atoms with E-state index >= 15 is 0 Å². The molecule has 1 aromatic carbocycles. The van der Waals surface area contributed by atoms with E-state index in [0.717, 1.165) is 43.6 Å². The molecule has 0 radical (unpaired) electrons. The van der Waals surface area contributed by atoms with Crippen LogP contribution in [0.3, 0.4) is 0 Å². The van der Waals surface area contributed by atoms with Gasteiger partial charge in [-0.15, -0.1) is 6.58 Å². The Bertz CT molecular complexity index is 1260. The summed E-state index contributed by atoms with van der Waals surface area (Å²) >= 11 is 12.4. The number of aromatic nitrogens is 2. The lowest BCUT2D eigenvalue weighted by Gasteiger charge is -2.34. The van der Waals surface area contributed by atoms with E-state index in [2.05, 4.69) is 16.6 Å². The maximum atomic E-state index is 14.0. The second kappa shape index (κ2) is 11.7. The van der Waals surface area contributed by atoms with E-state index in [0.29, 0.717) is 22.8 Å². The Balaban J connectivity index is 1.47. The molecular weight excluding hydrogens is 514 g/mol. The first-order valence-corrected chi connectivity index (χ1v) is 13.2. The van der Waals surface area contributed by atoms with Gasteiger partial charge in [0.2, 0.25) is 0 Å². The number of nitrogens with zero attached hydrogens (tertiary/aromatic N) is 3. The van der Waals surface area contributed by atoms with Gasteiger partial charge in [-0.1, -0.05) is 29.3 Å². The lowest BCUT2D eigenvalue weighted by atomic mass is 10.0. The van der Waals surface area contributed by atoms with Gasteiger partial charge in [0.05, 0.1) is 23.0 Å². The molecule has 0 amide bonds. The summed E-state index contributed by atoms with van der Waals surface area (Å²) in [5.74, 6) is -0.277. The van der Waals surface area contributed by atoms with Crippen LogP contribution in [0.25, 0.3) is 0 Å². The van der Waals surface area contributed by atoms with Crippen molar-refractivity contribution < 1.29 is 13.9 Å². The van der Waals surface area contributed by atoms with Crippen molar-refractivity contribution in [2.24, 2.45) is 0 Å². The van der Waals surface area contributed by atoms with Crippen LogP contribution in [0, 0.1) is 11.2 Å². The molecule has 0 spiro atoms. The van der Waals surface area contributed by atoms with Crippen molar-refractivity contribution in [2.45, 2.75) is 57.6 Å². The molecule has 1 fully saturated rings. The molecule has 2 aliphatic rings. The molecule has 2 unspecified atom stereocenters. The number of hydrogen-bond donors (Lipinski definition) is 1. The average molecular weight is 545 g/mol. The highest BCUT2D eigenvalue weighted by atomic mass is 35.5. The molecule has 37 heavy (non-hydrogen) atoms. The Hall–Kier alpha value is -2.90. The van der Waals surface area contributed by atoms with E-state index in [4.69, 9.17) is 33.3 Å². The first-order valence-electron chi connectivity index (χ1n) is 12.4. The van der Waals surface area contributed by atoms with E-state index in [1.807, 2.05) is 17.1 Å². The summed E-state index contributed by atoms with van der Waals surface area (Å²) in [5.41, 5.74) is 2.63. The minimum absolute atomic E-state index is 0.0922. The number of ketones is 1. The quantitative estimate of drug-likeness (QED) is 0.157. The molecular formula is C28H31Cl2FN4O2. The maximum absolute atomic E-state index is 14.0. The van der Waals surface area contributed by atoms with Crippen LogP contribution in [-0.4, -0.2) is 39.3 Å². The molecule has 1 N–H and O–H groups in total. The number of benzene rings is 1. The van der Waals surface area contributed by atoms with E-state index in [1.54, 1.807) is 32.1 Å². The predicted octanol–water partition coefficient (Wildman–Crippen LogP) is 7.18. The number of likely N-dealkylation sites (tertiary alicyclic amines) is 1. The van der Waals surface area contributed by atoms with Crippen LogP contribution in [-0.2, 0) is 9.53 Å². The fourth-order valence-electron chi connectivity index (χ4n) is 4.85. The molecule has 9 heteroatoms. The van der Waals surface area contributed by atoms with Gasteiger partial charge >= 0.3 is 0 Å². The van der Waals surface area contributed by atoms with Crippen molar-refractivity contribution in [2.75, 3.05) is 13.1 Å². The standard InChI is InChI=1S/C28H31Cl2FN4O2/c1-4-19(13-26(17(2)32)37-18(3)27-24(29)7-8-25(31)28(27)30)20-15-33-35(16-20)21-9-11-34(12-10-21)22-5-6-23(36)14-22/h4,7-8,13-16,18-19,21,32H,1,5-6,9-12H2,2-3H3/b26-13+,32-17?. The lowest BCUT2D eigenvalue weighted by Crippen LogP contribution is -2.33. The van der Waals surface area contributed by atoms with Crippen LogP contribution in [0.2, 0.25) is 10.0 Å². The topological polar surface area (TPSA) is 71.2 Å². The number of allylic oxidation sites excluding steroid dienone is 5. The number of rotatable bonds is 9. The van der Waals surface area contributed by atoms with Crippen LogP contribution in [0.4, 0.5) is 4.39 Å². The molecule has 0 bridgehead atoms. The molecule has 1 aromatic heterocycles. The van der Waals surface area contributed by atoms with Crippen molar-refractivity contribution in [3.8, 4) is 0 Å². The van der Waals surface area contributed by atoms with Gasteiger partial charge in [-0.05, 0) is 51.3 Å². The molecule has 196 valence electrons. The number of piperidine rings is 1. The SMILES string of the molecule is C=CC(/C=C(/OC(C)c1c(Cl)ccc(F)c1Cl)C(C)=N)c1cnn(C2CCN(C3=CC(=O)CC3)CC2)c1. The van der Waals surface area contributed by atoms with Crippen LogP contribution < -0.4 is 0 Å². The number of hydrogen-bond acceptors (Lipinski definition) is 5. The van der Waals surface area contributed by atoms with Gasteiger partial charge in [0.15, 0.2) is 5.78 Å². The van der Waals surface area contributed by atoms with Crippen LogP contribution in [0.1, 0.15) is 68.7 Å². The highest BCUT2D eigenvalue weighted by Gasteiger charge is 2.26. The Morgan fingerprint density at radius 2 is 2.03 bits per heavy atom.